The summed E-state index contributed by atoms with van der Waals surface area (Å²) in [6.07, 6.45) is 0. The summed E-state index contributed by atoms with van der Waals surface area (Å²) in [5.74, 6) is 1.84. The Morgan fingerprint density at radius 3 is 1.76 bits per heavy atom. The zero-order chi connectivity index (χ0) is 33.0. The number of rotatable bonds is 2. The number of hydrogen-bond acceptors (Lipinski definition) is 1. The van der Waals surface area contributed by atoms with Gasteiger partial charge in [-0.25, -0.2) is 0 Å². The highest BCUT2D eigenvalue weighted by molar-refractivity contribution is 6.07. The SMILES string of the molecule is CC1(c2ccccc2)c2ccccc2Oc2c(-c3ccc4c(c3)-c3ccccc3C43c4ccccc4-c4cccc5cccc3c45)cccc21. The highest BCUT2D eigenvalue weighted by atomic mass is 16.5. The first-order chi connectivity index (χ1) is 24.7. The Morgan fingerprint density at radius 2 is 0.960 bits per heavy atom. The van der Waals surface area contributed by atoms with Crippen LogP contribution in [0.15, 0.2) is 176 Å². The smallest absolute Gasteiger partial charge is 0.139 e. The van der Waals surface area contributed by atoms with Gasteiger partial charge in [0.25, 0.3) is 0 Å². The first-order valence-corrected chi connectivity index (χ1v) is 17.5. The molecule has 1 nitrogen and oxygen atoms in total. The summed E-state index contributed by atoms with van der Waals surface area (Å²) < 4.78 is 6.90. The Morgan fingerprint density at radius 1 is 0.400 bits per heavy atom. The maximum atomic E-state index is 6.90. The van der Waals surface area contributed by atoms with Gasteiger partial charge in [0.05, 0.1) is 5.41 Å². The van der Waals surface area contributed by atoms with Crippen molar-refractivity contribution in [1.29, 1.82) is 0 Å². The van der Waals surface area contributed by atoms with Crippen LogP contribution in [-0.2, 0) is 10.8 Å². The predicted molar refractivity (Wildman–Crippen MR) is 204 cm³/mol. The third kappa shape index (κ3) is 3.37. The molecule has 0 aromatic heterocycles. The summed E-state index contributed by atoms with van der Waals surface area (Å²) in [7, 11) is 0. The molecule has 1 spiro atoms. The van der Waals surface area contributed by atoms with Crippen LogP contribution in [0.2, 0.25) is 0 Å². The average molecular weight is 637 g/mol. The molecule has 2 unspecified atom stereocenters. The predicted octanol–water partition coefficient (Wildman–Crippen LogP) is 12.3. The molecule has 0 bridgehead atoms. The van der Waals surface area contributed by atoms with Crippen molar-refractivity contribution in [3.8, 4) is 44.9 Å². The maximum absolute atomic E-state index is 6.90. The number of hydrogen-bond donors (Lipinski definition) is 0. The number of ether oxygens (including phenoxy) is 1. The lowest BCUT2D eigenvalue weighted by Gasteiger charge is -2.40. The van der Waals surface area contributed by atoms with Gasteiger partial charge in [-0.1, -0.05) is 164 Å². The van der Waals surface area contributed by atoms with Gasteiger partial charge in [0.1, 0.15) is 11.5 Å². The van der Waals surface area contributed by atoms with Crippen LogP contribution in [0.25, 0.3) is 44.2 Å². The third-order valence-electron chi connectivity index (χ3n) is 11.8. The summed E-state index contributed by atoms with van der Waals surface area (Å²) in [6, 6.07) is 64.9. The van der Waals surface area contributed by atoms with Crippen LogP contribution in [0, 0.1) is 0 Å². The summed E-state index contributed by atoms with van der Waals surface area (Å²) in [5, 5.41) is 2.64. The van der Waals surface area contributed by atoms with E-state index in [1.807, 2.05) is 0 Å². The lowest BCUT2D eigenvalue weighted by Crippen LogP contribution is -2.31. The standard InChI is InChI=1S/C49H32O/c1-48(33-16-3-2-4-17-33)42-24-9-10-27-45(42)50-47-34(20-13-26-44(47)48)32-28-29-41-38(30-32)36-19-6-8-23-40(36)49(41)39-22-7-5-18-35(39)37-21-11-14-31-15-12-25-43(49)46(31)37/h2-30H,1H3. The molecule has 0 saturated heterocycles. The van der Waals surface area contributed by atoms with Crippen LogP contribution < -0.4 is 4.74 Å². The molecule has 3 aliphatic rings. The minimum absolute atomic E-state index is 0.368. The molecular weight excluding hydrogens is 605 g/mol. The highest BCUT2D eigenvalue weighted by Gasteiger charge is 2.50. The summed E-state index contributed by atoms with van der Waals surface area (Å²) in [4.78, 5) is 0. The molecule has 11 rings (SSSR count). The van der Waals surface area contributed by atoms with Gasteiger partial charge >= 0.3 is 0 Å². The van der Waals surface area contributed by atoms with E-state index in [0.29, 0.717) is 0 Å². The van der Waals surface area contributed by atoms with Crippen molar-refractivity contribution in [2.45, 2.75) is 17.8 Å². The van der Waals surface area contributed by atoms with E-state index in [4.69, 9.17) is 4.74 Å². The van der Waals surface area contributed by atoms with Crippen LogP contribution in [-0.4, -0.2) is 0 Å². The van der Waals surface area contributed by atoms with Crippen LogP contribution in [0.4, 0.5) is 0 Å². The van der Waals surface area contributed by atoms with Crippen LogP contribution in [0.1, 0.15) is 45.9 Å². The first-order valence-electron chi connectivity index (χ1n) is 17.5. The number of fused-ring (bicyclic) bond motifs is 11. The summed E-state index contributed by atoms with van der Waals surface area (Å²) in [5.41, 5.74) is 15.7. The van der Waals surface area contributed by atoms with Crippen molar-refractivity contribution in [2.75, 3.05) is 0 Å². The minimum atomic E-state index is -0.424. The Balaban J connectivity index is 1.18. The second kappa shape index (κ2) is 9.94. The van der Waals surface area contributed by atoms with Gasteiger partial charge < -0.3 is 4.74 Å². The number of benzene rings is 8. The Hall–Kier alpha value is -6.18. The Kier molecular flexibility index (Phi) is 5.51. The lowest BCUT2D eigenvalue weighted by molar-refractivity contribution is 0.429. The first kappa shape index (κ1) is 27.7. The van der Waals surface area contributed by atoms with E-state index >= 15 is 0 Å². The second-order valence-corrected chi connectivity index (χ2v) is 14.1. The van der Waals surface area contributed by atoms with Gasteiger partial charge in [-0.05, 0) is 85.5 Å². The van der Waals surface area contributed by atoms with Gasteiger partial charge in [0.15, 0.2) is 0 Å². The zero-order valence-corrected chi connectivity index (χ0v) is 27.7. The average Bonchev–Trinajstić information content (AvgIpc) is 3.47. The van der Waals surface area contributed by atoms with Crippen molar-refractivity contribution >= 4 is 10.8 Å². The normalized spacial score (nSPS) is 18.8. The zero-order valence-electron chi connectivity index (χ0n) is 27.7. The molecule has 0 N–H and O–H groups in total. The van der Waals surface area contributed by atoms with Crippen LogP contribution >= 0.6 is 0 Å². The molecule has 1 heterocycles. The van der Waals surface area contributed by atoms with E-state index < -0.39 is 5.41 Å². The fourth-order valence-electron chi connectivity index (χ4n) is 9.67. The fraction of sp³-hybridized carbons (Fsp3) is 0.0612. The molecule has 50 heavy (non-hydrogen) atoms. The van der Waals surface area contributed by atoms with Crippen LogP contribution in [0.3, 0.4) is 0 Å². The molecule has 234 valence electrons. The largest absolute Gasteiger partial charge is 0.456 e. The van der Waals surface area contributed by atoms with Crippen molar-refractivity contribution in [3.05, 3.63) is 215 Å². The maximum Gasteiger partial charge on any atom is 0.139 e. The molecule has 1 aliphatic heterocycles. The van der Waals surface area contributed by atoms with E-state index in [2.05, 4.69) is 183 Å². The lowest BCUT2D eigenvalue weighted by atomic mass is 9.61. The van der Waals surface area contributed by atoms with E-state index in [9.17, 15) is 0 Å². The molecule has 0 fully saturated rings. The molecule has 1 heteroatoms. The van der Waals surface area contributed by atoms with Crippen molar-refractivity contribution < 1.29 is 4.74 Å². The molecule has 2 aliphatic carbocycles. The quantitative estimate of drug-likeness (QED) is 0.183. The summed E-state index contributed by atoms with van der Waals surface area (Å²) >= 11 is 0. The number of para-hydroxylation sites is 2. The van der Waals surface area contributed by atoms with Crippen molar-refractivity contribution in [3.63, 3.8) is 0 Å². The monoisotopic (exact) mass is 636 g/mol. The van der Waals surface area contributed by atoms with Gasteiger partial charge in [-0.2, -0.15) is 0 Å². The van der Waals surface area contributed by atoms with Gasteiger partial charge in [0, 0.05) is 22.1 Å². The van der Waals surface area contributed by atoms with E-state index in [1.54, 1.807) is 0 Å². The van der Waals surface area contributed by atoms with Gasteiger partial charge in [-0.15, -0.1) is 0 Å². The van der Waals surface area contributed by atoms with Crippen molar-refractivity contribution in [1.82, 2.24) is 0 Å². The van der Waals surface area contributed by atoms with E-state index in [1.165, 1.54) is 72.0 Å². The Bertz CT molecular complexity index is 2700. The molecular formula is C49H32O. The second-order valence-electron chi connectivity index (χ2n) is 14.1. The molecule has 0 radical (unpaired) electrons. The van der Waals surface area contributed by atoms with Crippen LogP contribution in [0.5, 0.6) is 11.5 Å². The summed E-state index contributed by atoms with van der Waals surface area (Å²) in [6.45, 7) is 2.34. The van der Waals surface area contributed by atoms with Gasteiger partial charge in [-0.3, -0.25) is 0 Å². The topological polar surface area (TPSA) is 9.23 Å². The molecule has 0 saturated carbocycles. The Labute approximate surface area is 292 Å². The molecule has 2 atom stereocenters. The molecule has 8 aromatic rings. The molecule has 8 aromatic carbocycles. The highest BCUT2D eigenvalue weighted by Crippen LogP contribution is 2.62. The fourth-order valence-corrected chi connectivity index (χ4v) is 9.67. The van der Waals surface area contributed by atoms with Crippen molar-refractivity contribution in [2.24, 2.45) is 0 Å². The van der Waals surface area contributed by atoms with E-state index in [0.717, 1.165) is 22.6 Å². The van der Waals surface area contributed by atoms with E-state index in [-0.39, 0.29) is 5.41 Å². The minimum Gasteiger partial charge on any atom is -0.456 e. The molecule has 0 amide bonds. The van der Waals surface area contributed by atoms with Gasteiger partial charge in [0.2, 0.25) is 0 Å². The third-order valence-corrected chi connectivity index (χ3v) is 11.8.